The molecule has 0 heterocycles. The maximum Gasteiger partial charge on any atom is 0.236 e. The molecule has 0 saturated heterocycles. The molecule has 0 aliphatic rings. The summed E-state index contributed by atoms with van der Waals surface area (Å²) in [5.41, 5.74) is 5.67. The predicted octanol–water partition coefficient (Wildman–Crippen LogP) is 1.23. The lowest BCUT2D eigenvalue weighted by Gasteiger charge is -2.14. The number of nitrogens with one attached hydrogen (secondary N) is 1. The van der Waals surface area contributed by atoms with Gasteiger partial charge in [0.25, 0.3) is 0 Å². The number of rotatable bonds is 7. The summed E-state index contributed by atoms with van der Waals surface area (Å²) in [4.78, 5) is 11.4. The first-order chi connectivity index (χ1) is 6.61. The second-order valence-electron chi connectivity index (χ2n) is 3.70. The third-order valence-corrected chi connectivity index (χ3v) is 2.91. The van der Waals surface area contributed by atoms with E-state index in [1.807, 2.05) is 6.92 Å². The van der Waals surface area contributed by atoms with Crippen molar-refractivity contribution >= 4 is 17.7 Å². The molecule has 2 atom stereocenters. The van der Waals surface area contributed by atoms with Gasteiger partial charge in [0.05, 0.1) is 6.04 Å². The van der Waals surface area contributed by atoms with E-state index in [1.54, 1.807) is 11.8 Å². The van der Waals surface area contributed by atoms with E-state index in [1.165, 1.54) is 0 Å². The van der Waals surface area contributed by atoms with Crippen molar-refractivity contribution in [3.63, 3.8) is 0 Å². The van der Waals surface area contributed by atoms with Gasteiger partial charge in [-0.05, 0) is 24.3 Å². The van der Waals surface area contributed by atoms with Crippen LogP contribution in [0.5, 0.6) is 0 Å². The molecule has 14 heavy (non-hydrogen) atoms. The number of thioether (sulfide) groups is 1. The Labute approximate surface area is 91.2 Å². The second kappa shape index (κ2) is 8.12. The molecule has 3 N–H and O–H groups in total. The van der Waals surface area contributed by atoms with Crippen LogP contribution in [0.3, 0.4) is 0 Å². The number of carbonyl (C=O) groups excluding carboxylic acids is 1. The molecule has 0 aromatic rings. The number of hydrogen-bond acceptors (Lipinski definition) is 3. The summed E-state index contributed by atoms with van der Waals surface area (Å²) in [6.45, 7) is 4.89. The summed E-state index contributed by atoms with van der Waals surface area (Å²) < 4.78 is 0. The molecular formula is C10H22N2OS. The lowest BCUT2D eigenvalue weighted by atomic mass is 10.1. The van der Waals surface area contributed by atoms with E-state index in [0.717, 1.165) is 25.1 Å². The minimum absolute atomic E-state index is 0.0141. The molecule has 0 radical (unpaired) electrons. The summed E-state index contributed by atoms with van der Waals surface area (Å²) in [5, 5.41) is 2.87. The monoisotopic (exact) mass is 218 g/mol. The van der Waals surface area contributed by atoms with Crippen molar-refractivity contribution in [1.29, 1.82) is 0 Å². The first kappa shape index (κ1) is 13.8. The van der Waals surface area contributed by atoms with Gasteiger partial charge in [0.2, 0.25) is 5.91 Å². The Balaban J connectivity index is 3.61. The van der Waals surface area contributed by atoms with Crippen molar-refractivity contribution < 1.29 is 4.79 Å². The average molecular weight is 218 g/mol. The van der Waals surface area contributed by atoms with Gasteiger partial charge in [-0.1, -0.05) is 20.3 Å². The van der Waals surface area contributed by atoms with Crippen molar-refractivity contribution in [1.82, 2.24) is 5.32 Å². The van der Waals surface area contributed by atoms with Crippen molar-refractivity contribution in [3.05, 3.63) is 0 Å². The van der Waals surface area contributed by atoms with Crippen LogP contribution in [0.2, 0.25) is 0 Å². The van der Waals surface area contributed by atoms with Crippen LogP contribution >= 0.6 is 11.8 Å². The van der Waals surface area contributed by atoms with E-state index in [-0.39, 0.29) is 11.9 Å². The Bertz CT molecular complexity index is 164. The molecule has 0 aliphatic heterocycles. The first-order valence-electron chi connectivity index (χ1n) is 5.14. The number of amides is 1. The van der Waals surface area contributed by atoms with Crippen molar-refractivity contribution in [2.75, 3.05) is 18.6 Å². The molecule has 0 rings (SSSR count). The SMILES string of the molecule is CCCC(N)C(=O)NCC(C)CSC. The van der Waals surface area contributed by atoms with Crippen LogP contribution in [0.4, 0.5) is 0 Å². The maximum atomic E-state index is 11.4. The van der Waals surface area contributed by atoms with E-state index >= 15 is 0 Å². The van der Waals surface area contributed by atoms with E-state index in [2.05, 4.69) is 18.5 Å². The van der Waals surface area contributed by atoms with Crippen LogP contribution in [-0.2, 0) is 4.79 Å². The first-order valence-corrected chi connectivity index (χ1v) is 6.53. The van der Waals surface area contributed by atoms with E-state index < -0.39 is 0 Å². The molecule has 0 bridgehead atoms. The van der Waals surface area contributed by atoms with Gasteiger partial charge in [-0.2, -0.15) is 11.8 Å². The van der Waals surface area contributed by atoms with Gasteiger partial charge < -0.3 is 11.1 Å². The lowest BCUT2D eigenvalue weighted by molar-refractivity contribution is -0.122. The highest BCUT2D eigenvalue weighted by Gasteiger charge is 2.12. The predicted molar refractivity (Wildman–Crippen MR) is 63.4 cm³/mol. The zero-order valence-electron chi connectivity index (χ0n) is 9.38. The normalized spacial score (nSPS) is 14.9. The molecule has 0 spiro atoms. The van der Waals surface area contributed by atoms with Crippen molar-refractivity contribution in [2.24, 2.45) is 11.7 Å². The fourth-order valence-electron chi connectivity index (χ4n) is 1.19. The quantitative estimate of drug-likeness (QED) is 0.676. The molecule has 84 valence electrons. The van der Waals surface area contributed by atoms with Crippen LogP contribution in [0.15, 0.2) is 0 Å². The highest BCUT2D eigenvalue weighted by Crippen LogP contribution is 2.02. The Morgan fingerprint density at radius 3 is 2.71 bits per heavy atom. The maximum absolute atomic E-state index is 11.4. The van der Waals surface area contributed by atoms with Gasteiger partial charge in [0.1, 0.15) is 0 Å². The largest absolute Gasteiger partial charge is 0.354 e. The van der Waals surface area contributed by atoms with E-state index in [0.29, 0.717) is 5.92 Å². The highest BCUT2D eigenvalue weighted by molar-refractivity contribution is 7.98. The zero-order valence-corrected chi connectivity index (χ0v) is 10.2. The van der Waals surface area contributed by atoms with E-state index in [4.69, 9.17) is 5.73 Å². The Morgan fingerprint density at radius 2 is 2.21 bits per heavy atom. The highest BCUT2D eigenvalue weighted by atomic mass is 32.2. The number of nitrogens with two attached hydrogens (primary N) is 1. The van der Waals surface area contributed by atoms with Crippen LogP contribution in [0.1, 0.15) is 26.7 Å². The molecule has 4 heteroatoms. The van der Waals surface area contributed by atoms with Crippen LogP contribution in [0.25, 0.3) is 0 Å². The van der Waals surface area contributed by atoms with Crippen molar-refractivity contribution in [3.8, 4) is 0 Å². The topological polar surface area (TPSA) is 55.1 Å². The molecule has 0 aromatic heterocycles. The third kappa shape index (κ3) is 6.27. The molecule has 0 saturated carbocycles. The second-order valence-corrected chi connectivity index (χ2v) is 4.61. The van der Waals surface area contributed by atoms with Gasteiger partial charge >= 0.3 is 0 Å². The van der Waals surface area contributed by atoms with Gasteiger partial charge in [-0.3, -0.25) is 4.79 Å². The van der Waals surface area contributed by atoms with Crippen LogP contribution in [0, 0.1) is 5.92 Å². The molecular weight excluding hydrogens is 196 g/mol. The van der Waals surface area contributed by atoms with Crippen LogP contribution < -0.4 is 11.1 Å². The number of carbonyl (C=O) groups is 1. The Morgan fingerprint density at radius 1 is 1.57 bits per heavy atom. The van der Waals surface area contributed by atoms with E-state index in [9.17, 15) is 4.79 Å². The Kier molecular flexibility index (Phi) is 7.99. The van der Waals surface area contributed by atoms with Crippen LogP contribution in [-0.4, -0.2) is 30.5 Å². The standard InChI is InChI=1S/C10H22N2OS/c1-4-5-9(11)10(13)12-6-8(2)7-14-3/h8-9H,4-7,11H2,1-3H3,(H,12,13). The zero-order chi connectivity index (χ0) is 11.0. The summed E-state index contributed by atoms with van der Waals surface area (Å²) in [6, 6.07) is -0.332. The molecule has 1 amide bonds. The molecule has 0 aliphatic carbocycles. The molecule has 3 nitrogen and oxygen atoms in total. The minimum Gasteiger partial charge on any atom is -0.354 e. The summed E-state index contributed by atoms with van der Waals surface area (Å²) in [5.74, 6) is 1.58. The summed E-state index contributed by atoms with van der Waals surface area (Å²) in [6.07, 6.45) is 3.79. The minimum atomic E-state index is -0.332. The molecule has 2 unspecified atom stereocenters. The third-order valence-electron chi connectivity index (χ3n) is 2.01. The fraction of sp³-hybridized carbons (Fsp3) is 0.900. The lowest BCUT2D eigenvalue weighted by Crippen LogP contribution is -2.42. The Hall–Kier alpha value is -0.220. The molecule has 0 fully saturated rings. The van der Waals surface area contributed by atoms with Gasteiger partial charge in [-0.15, -0.1) is 0 Å². The summed E-state index contributed by atoms with van der Waals surface area (Å²) in [7, 11) is 0. The van der Waals surface area contributed by atoms with Crippen molar-refractivity contribution in [2.45, 2.75) is 32.7 Å². The molecule has 0 aromatic carbocycles. The van der Waals surface area contributed by atoms with Gasteiger partial charge in [-0.25, -0.2) is 0 Å². The van der Waals surface area contributed by atoms with Gasteiger partial charge in [0, 0.05) is 6.54 Å². The fourth-order valence-corrected chi connectivity index (χ4v) is 1.88. The average Bonchev–Trinajstić information content (AvgIpc) is 2.15. The van der Waals surface area contributed by atoms with Gasteiger partial charge in [0.15, 0.2) is 0 Å². The summed E-state index contributed by atoms with van der Waals surface area (Å²) >= 11 is 1.80. The smallest absolute Gasteiger partial charge is 0.236 e. The number of hydrogen-bond donors (Lipinski definition) is 2.